The van der Waals surface area contributed by atoms with Crippen LogP contribution in [-0.4, -0.2) is 45.3 Å². The number of allylic oxidation sites excluding steroid dienone is 5. The Morgan fingerprint density at radius 2 is 1.56 bits per heavy atom. The molecular weight excluding hydrogens is 555 g/mol. The van der Waals surface area contributed by atoms with Crippen molar-refractivity contribution in [1.29, 1.82) is 0 Å². The van der Waals surface area contributed by atoms with Crippen LogP contribution in [0.3, 0.4) is 0 Å². The lowest BCUT2D eigenvalue weighted by Crippen LogP contribution is -2.09. The minimum Gasteiger partial charge on any atom is -0.502 e. The molecule has 0 unspecified atom stereocenters. The highest BCUT2D eigenvalue weighted by atomic mass is 19.1. The van der Waals surface area contributed by atoms with Gasteiger partial charge in [0.15, 0.2) is 0 Å². The highest BCUT2D eigenvalue weighted by molar-refractivity contribution is 5.88. The van der Waals surface area contributed by atoms with Crippen LogP contribution in [0, 0.1) is 0 Å². The summed E-state index contributed by atoms with van der Waals surface area (Å²) in [6, 6.07) is 7.92. The van der Waals surface area contributed by atoms with Crippen molar-refractivity contribution in [2.75, 3.05) is 26.9 Å². The maximum Gasteiger partial charge on any atom is 0.366 e. The van der Waals surface area contributed by atoms with Gasteiger partial charge >= 0.3 is 11.9 Å². The average molecular weight is 601 g/mol. The maximum absolute atomic E-state index is 12.5. The van der Waals surface area contributed by atoms with Crippen LogP contribution in [0.15, 0.2) is 92.2 Å². The molecule has 0 amide bonds. The van der Waals surface area contributed by atoms with Crippen molar-refractivity contribution in [3.8, 4) is 5.75 Å². The van der Waals surface area contributed by atoms with Crippen LogP contribution >= 0.6 is 0 Å². The Labute approximate surface area is 255 Å². The molecule has 0 heterocycles. The van der Waals surface area contributed by atoms with Crippen molar-refractivity contribution in [2.45, 2.75) is 58.3 Å². The predicted octanol–water partition coefficient (Wildman–Crippen LogP) is 7.73. The van der Waals surface area contributed by atoms with Gasteiger partial charge in [-0.1, -0.05) is 37.9 Å². The summed E-state index contributed by atoms with van der Waals surface area (Å²) >= 11 is 0. The monoisotopic (exact) mass is 600 g/mol. The molecule has 0 N–H and O–H groups in total. The van der Waals surface area contributed by atoms with Crippen LogP contribution in [0.1, 0.15) is 63.9 Å². The molecule has 0 atom stereocenters. The first-order valence-electron chi connectivity index (χ1n) is 14.0. The molecule has 0 radical (unpaired) electrons. The Morgan fingerprint density at radius 3 is 2.07 bits per heavy atom. The van der Waals surface area contributed by atoms with Gasteiger partial charge in [0, 0.05) is 18.4 Å². The van der Waals surface area contributed by atoms with Gasteiger partial charge < -0.3 is 23.7 Å². The molecular formula is C34H45FO8. The number of esters is 2. The van der Waals surface area contributed by atoms with Crippen molar-refractivity contribution in [2.24, 2.45) is 0 Å². The molecule has 0 fully saturated rings. The number of methoxy groups -OCH3 is 1. The highest BCUT2D eigenvalue weighted by Crippen LogP contribution is 2.29. The van der Waals surface area contributed by atoms with E-state index < -0.39 is 17.8 Å². The molecule has 2 rings (SSSR count). The summed E-state index contributed by atoms with van der Waals surface area (Å²) in [4.78, 5) is 32.3. The van der Waals surface area contributed by atoms with Crippen molar-refractivity contribution in [1.82, 2.24) is 0 Å². The van der Waals surface area contributed by atoms with Gasteiger partial charge in [-0.05, 0) is 74.8 Å². The number of unbranched alkanes of at least 4 members (excludes halogenated alkanes) is 3. The fraction of sp³-hybridized carbons (Fsp3) is 0.382. The number of halogens is 1. The predicted molar refractivity (Wildman–Crippen MR) is 166 cm³/mol. The Kier molecular flexibility index (Phi) is 21.7. The average Bonchev–Trinajstić information content (AvgIpc) is 3.03. The molecule has 0 saturated carbocycles. The summed E-state index contributed by atoms with van der Waals surface area (Å²) in [5.74, 6) is -0.458. The third-order valence-electron chi connectivity index (χ3n) is 5.84. The summed E-state index contributed by atoms with van der Waals surface area (Å²) in [5.41, 5.74) is 2.65. The van der Waals surface area contributed by atoms with Crippen molar-refractivity contribution < 1.29 is 42.5 Å². The second kappa shape index (κ2) is 24.2. The molecule has 9 heteroatoms. The first-order chi connectivity index (χ1) is 20.7. The zero-order valence-electron chi connectivity index (χ0n) is 25.5. The number of rotatable bonds is 18. The van der Waals surface area contributed by atoms with Crippen LogP contribution in [0.5, 0.6) is 5.75 Å². The van der Waals surface area contributed by atoms with Gasteiger partial charge in [-0.25, -0.2) is 9.59 Å². The largest absolute Gasteiger partial charge is 0.502 e. The lowest BCUT2D eigenvalue weighted by atomic mass is 9.96. The number of carbonyl (C=O) groups excluding carboxylic acids is 3. The number of hydrogen-bond acceptors (Lipinski definition) is 8. The Hall–Kier alpha value is -4.40. The van der Waals surface area contributed by atoms with E-state index in [4.69, 9.17) is 18.9 Å². The molecule has 1 aromatic carbocycles. The molecule has 0 saturated heterocycles. The topological polar surface area (TPSA) is 97.4 Å². The summed E-state index contributed by atoms with van der Waals surface area (Å²) in [5, 5.41) is 0. The fourth-order valence-corrected chi connectivity index (χ4v) is 3.45. The van der Waals surface area contributed by atoms with Crippen molar-refractivity contribution in [3.63, 3.8) is 0 Å². The van der Waals surface area contributed by atoms with Gasteiger partial charge in [0.25, 0.3) is 6.47 Å². The van der Waals surface area contributed by atoms with E-state index in [1.165, 1.54) is 0 Å². The minimum absolute atomic E-state index is 0.194. The molecule has 236 valence electrons. The summed E-state index contributed by atoms with van der Waals surface area (Å²) in [6.45, 7) is 19.9. The number of carbonyl (C=O) groups is 3. The third-order valence-corrected chi connectivity index (χ3v) is 5.84. The zero-order chi connectivity index (χ0) is 32.5. The first kappa shape index (κ1) is 38.6. The molecule has 43 heavy (non-hydrogen) atoms. The van der Waals surface area contributed by atoms with E-state index in [0.29, 0.717) is 62.5 Å². The molecule has 1 aromatic rings. The standard InChI is InChI=1S/C29H35FO6.C3H6O2.C2H4/c1-21(9-10-22(2)33-4)28(31)36-27-17-13-25(14-18-27)24-11-15-26(16-12-24)34-19-7-5-6-8-20-35-29(32)23(3)30;1-2-5-3-4;1-2/h11-13,15-17H,1-3,5-10,14,18-20H2,4H3;3H,2H2,1H3;1-2H2. The molecule has 0 aliphatic heterocycles. The second-order valence-corrected chi connectivity index (χ2v) is 8.94. The van der Waals surface area contributed by atoms with Crippen LogP contribution < -0.4 is 4.74 Å². The maximum atomic E-state index is 12.5. The summed E-state index contributed by atoms with van der Waals surface area (Å²) < 4.78 is 37.6. The Balaban J connectivity index is 0.00000227. The van der Waals surface area contributed by atoms with Crippen molar-refractivity contribution in [3.05, 3.63) is 97.8 Å². The van der Waals surface area contributed by atoms with Crippen LogP contribution in [0.4, 0.5) is 4.39 Å². The number of hydrogen-bond donors (Lipinski definition) is 0. The highest BCUT2D eigenvalue weighted by Gasteiger charge is 2.15. The van der Waals surface area contributed by atoms with Crippen LogP contribution in [0.2, 0.25) is 0 Å². The Morgan fingerprint density at radius 1 is 0.907 bits per heavy atom. The van der Waals surface area contributed by atoms with Crippen molar-refractivity contribution >= 4 is 24.0 Å². The first-order valence-corrected chi connectivity index (χ1v) is 14.0. The minimum atomic E-state index is -1.07. The van der Waals surface area contributed by atoms with E-state index >= 15 is 0 Å². The normalized spacial score (nSPS) is 11.4. The molecule has 8 nitrogen and oxygen atoms in total. The summed E-state index contributed by atoms with van der Waals surface area (Å²) in [6.07, 6.45) is 9.52. The van der Waals surface area contributed by atoms with Gasteiger partial charge in [-0.2, -0.15) is 4.39 Å². The number of ether oxygens (including phenoxy) is 5. The van der Waals surface area contributed by atoms with Gasteiger partial charge in [-0.15, -0.1) is 13.2 Å². The van der Waals surface area contributed by atoms with E-state index in [0.717, 1.165) is 42.6 Å². The molecule has 0 spiro atoms. The lowest BCUT2D eigenvalue weighted by molar-refractivity contribution is -0.141. The van der Waals surface area contributed by atoms with Gasteiger partial charge in [0.05, 0.1) is 32.7 Å². The van der Waals surface area contributed by atoms with Crippen LogP contribution in [0.25, 0.3) is 5.57 Å². The quantitative estimate of drug-likeness (QED) is 0.0321. The third kappa shape index (κ3) is 17.9. The SMILES string of the molecule is C=C.C=C(CCC(=C)C(=O)OC1=CC=C(c2ccc(OCCCCCCOC(=O)C(=C)F)cc2)CC1)OC.CCOC=O. The second-order valence-electron chi connectivity index (χ2n) is 8.94. The summed E-state index contributed by atoms with van der Waals surface area (Å²) in [7, 11) is 1.55. The van der Waals surface area contributed by atoms with Gasteiger partial charge in [0.2, 0.25) is 5.83 Å². The van der Waals surface area contributed by atoms with E-state index in [1.54, 1.807) is 14.0 Å². The smallest absolute Gasteiger partial charge is 0.366 e. The van der Waals surface area contributed by atoms with E-state index in [2.05, 4.69) is 37.6 Å². The van der Waals surface area contributed by atoms with E-state index in [1.807, 2.05) is 36.4 Å². The van der Waals surface area contributed by atoms with Gasteiger partial charge in [0.1, 0.15) is 11.5 Å². The van der Waals surface area contributed by atoms with Crippen LogP contribution in [-0.2, 0) is 33.3 Å². The molecule has 0 bridgehead atoms. The zero-order valence-corrected chi connectivity index (χ0v) is 25.5. The molecule has 1 aliphatic rings. The lowest BCUT2D eigenvalue weighted by Gasteiger charge is -2.16. The molecule has 1 aliphatic carbocycles. The fourth-order valence-electron chi connectivity index (χ4n) is 3.45. The van der Waals surface area contributed by atoms with Gasteiger partial charge in [-0.3, -0.25) is 4.79 Å². The van der Waals surface area contributed by atoms with E-state index in [9.17, 15) is 18.8 Å². The Bertz CT molecular complexity index is 1100. The molecule has 0 aromatic heterocycles. The van der Waals surface area contributed by atoms with E-state index in [-0.39, 0.29) is 6.61 Å². The number of benzene rings is 1.